The van der Waals surface area contributed by atoms with Gasteiger partial charge in [-0.15, -0.1) is 0 Å². The lowest BCUT2D eigenvalue weighted by molar-refractivity contribution is 0.580. The maximum Gasteiger partial charge on any atom is 0.246 e. The van der Waals surface area contributed by atoms with E-state index in [1.165, 1.54) is 12.4 Å². The first-order chi connectivity index (χ1) is 8.09. The van der Waals surface area contributed by atoms with Crippen LogP contribution in [-0.2, 0) is 16.6 Å². The summed E-state index contributed by atoms with van der Waals surface area (Å²) < 4.78 is 25.9. The van der Waals surface area contributed by atoms with E-state index in [4.69, 9.17) is 0 Å². The van der Waals surface area contributed by atoms with Crippen LogP contribution in [-0.4, -0.2) is 23.6 Å². The molecule has 7 nitrogen and oxygen atoms in total. The van der Waals surface area contributed by atoms with E-state index < -0.39 is 15.5 Å². The Morgan fingerprint density at radius 1 is 1.35 bits per heavy atom. The van der Waals surface area contributed by atoms with E-state index in [0.717, 1.165) is 12.3 Å². The van der Waals surface area contributed by atoms with Crippen LogP contribution in [0.4, 0.5) is 0 Å². The lowest BCUT2D eigenvalue weighted by atomic mass is 10.4. The Morgan fingerprint density at radius 3 is 2.82 bits per heavy atom. The van der Waals surface area contributed by atoms with Crippen molar-refractivity contribution in [3.63, 3.8) is 0 Å². The first-order valence-electron chi connectivity index (χ1n) is 4.74. The molecular weight excluding hydrogens is 244 g/mol. The molecule has 0 fully saturated rings. The topological polar surface area (TPSA) is 108 Å². The first-order valence-corrected chi connectivity index (χ1v) is 6.22. The van der Waals surface area contributed by atoms with Gasteiger partial charge in [0, 0.05) is 36.8 Å². The number of nitrogens with zero attached hydrogens (tertiary/aromatic N) is 1. The molecule has 2 aromatic heterocycles. The largest absolute Gasteiger partial charge is 0.366 e. The van der Waals surface area contributed by atoms with Crippen molar-refractivity contribution in [3.8, 4) is 0 Å². The highest BCUT2D eigenvalue weighted by atomic mass is 32.2. The quantitative estimate of drug-likeness (QED) is 0.688. The molecule has 8 heteroatoms. The minimum atomic E-state index is -3.80. The molecule has 0 unspecified atom stereocenters. The zero-order valence-corrected chi connectivity index (χ0v) is 9.49. The summed E-state index contributed by atoms with van der Waals surface area (Å²) in [5.41, 5.74) is 0.129. The summed E-state index contributed by atoms with van der Waals surface area (Å²) in [5, 5.41) is 6.25. The van der Waals surface area contributed by atoms with Crippen LogP contribution in [0.5, 0.6) is 0 Å². The van der Waals surface area contributed by atoms with Gasteiger partial charge in [-0.05, 0) is 0 Å². The number of sulfonamides is 1. The van der Waals surface area contributed by atoms with Gasteiger partial charge in [0.05, 0.1) is 6.20 Å². The maximum atomic E-state index is 11.8. The van der Waals surface area contributed by atoms with E-state index in [9.17, 15) is 13.2 Å². The van der Waals surface area contributed by atoms with Crippen LogP contribution in [0.3, 0.4) is 0 Å². The van der Waals surface area contributed by atoms with Crippen LogP contribution in [0.25, 0.3) is 0 Å². The number of aromatic nitrogens is 3. The molecule has 0 aromatic carbocycles. The van der Waals surface area contributed by atoms with Crippen molar-refractivity contribution >= 4 is 10.0 Å². The second-order valence-electron chi connectivity index (χ2n) is 3.30. The molecule has 2 rings (SSSR count). The normalized spacial score (nSPS) is 11.5. The van der Waals surface area contributed by atoms with Gasteiger partial charge in [-0.1, -0.05) is 0 Å². The fraction of sp³-hybridized carbons (Fsp3) is 0.111. The van der Waals surface area contributed by atoms with Crippen molar-refractivity contribution in [2.45, 2.75) is 11.4 Å². The van der Waals surface area contributed by atoms with Crippen molar-refractivity contribution < 1.29 is 8.42 Å². The van der Waals surface area contributed by atoms with E-state index >= 15 is 0 Å². The van der Waals surface area contributed by atoms with Crippen LogP contribution in [0, 0.1) is 0 Å². The van der Waals surface area contributed by atoms with Gasteiger partial charge in [0.1, 0.15) is 4.90 Å². The van der Waals surface area contributed by atoms with Crippen LogP contribution in [0.1, 0.15) is 5.56 Å². The van der Waals surface area contributed by atoms with Gasteiger partial charge in [-0.3, -0.25) is 9.89 Å². The molecule has 0 amide bonds. The highest BCUT2D eigenvalue weighted by Crippen LogP contribution is 2.02. The Bertz CT molecular complexity index is 645. The van der Waals surface area contributed by atoms with Gasteiger partial charge >= 0.3 is 0 Å². The van der Waals surface area contributed by atoms with Gasteiger partial charge < -0.3 is 4.98 Å². The molecule has 90 valence electrons. The van der Waals surface area contributed by atoms with Gasteiger partial charge in [0.15, 0.2) is 0 Å². The minimum Gasteiger partial charge on any atom is -0.366 e. The lowest BCUT2D eigenvalue weighted by Gasteiger charge is -2.03. The van der Waals surface area contributed by atoms with Crippen molar-refractivity contribution in [2.24, 2.45) is 0 Å². The van der Waals surface area contributed by atoms with Crippen molar-refractivity contribution in [1.82, 2.24) is 19.9 Å². The highest BCUT2D eigenvalue weighted by Gasteiger charge is 2.17. The number of nitrogens with one attached hydrogen (secondary N) is 3. The van der Waals surface area contributed by atoms with Crippen LogP contribution in [0.2, 0.25) is 0 Å². The standard InChI is InChI=1S/C9H10N4O3S/c14-8-1-2-10-6-9(8)17(15,16)13-5-7-3-11-12-4-7/h1-4,6,13H,5H2,(H,10,14)(H,11,12). The minimum absolute atomic E-state index is 0.0766. The predicted molar refractivity (Wildman–Crippen MR) is 59.7 cm³/mol. The average Bonchev–Trinajstić information content (AvgIpc) is 2.80. The molecule has 0 bridgehead atoms. The second kappa shape index (κ2) is 4.52. The van der Waals surface area contributed by atoms with Crippen LogP contribution >= 0.6 is 0 Å². The molecule has 0 saturated carbocycles. The number of H-pyrrole nitrogens is 2. The molecule has 0 saturated heterocycles. The third-order valence-corrected chi connectivity index (χ3v) is 3.52. The molecule has 0 radical (unpaired) electrons. The van der Waals surface area contributed by atoms with E-state index in [0.29, 0.717) is 5.56 Å². The Morgan fingerprint density at radius 2 is 2.18 bits per heavy atom. The molecule has 17 heavy (non-hydrogen) atoms. The van der Waals surface area contributed by atoms with Gasteiger partial charge in [-0.25, -0.2) is 13.1 Å². The number of hydrogen-bond acceptors (Lipinski definition) is 4. The molecule has 2 heterocycles. The van der Waals surface area contributed by atoms with Gasteiger partial charge in [0.25, 0.3) is 0 Å². The summed E-state index contributed by atoms with van der Waals surface area (Å²) in [6.45, 7) is 0.0766. The fourth-order valence-corrected chi connectivity index (χ4v) is 2.31. The van der Waals surface area contributed by atoms with E-state index in [-0.39, 0.29) is 11.4 Å². The Kier molecular flexibility index (Phi) is 3.07. The summed E-state index contributed by atoms with van der Waals surface area (Å²) in [5.74, 6) is 0. The molecule has 0 aliphatic carbocycles. The van der Waals surface area contributed by atoms with Crippen molar-refractivity contribution in [3.05, 3.63) is 46.6 Å². The fourth-order valence-electron chi connectivity index (χ4n) is 1.24. The summed E-state index contributed by atoms with van der Waals surface area (Å²) >= 11 is 0. The molecule has 0 aliphatic rings. The van der Waals surface area contributed by atoms with Gasteiger partial charge in [0.2, 0.25) is 15.5 Å². The Balaban J connectivity index is 2.20. The maximum absolute atomic E-state index is 11.8. The van der Waals surface area contributed by atoms with Crippen molar-refractivity contribution in [1.29, 1.82) is 0 Å². The summed E-state index contributed by atoms with van der Waals surface area (Å²) in [7, 11) is -3.80. The smallest absolute Gasteiger partial charge is 0.246 e. The Hall–Kier alpha value is -1.93. The third-order valence-electron chi connectivity index (χ3n) is 2.10. The predicted octanol–water partition coefficient (Wildman–Crippen LogP) is -0.424. The van der Waals surface area contributed by atoms with Crippen molar-refractivity contribution in [2.75, 3.05) is 0 Å². The van der Waals surface area contributed by atoms with Crippen LogP contribution in [0.15, 0.2) is 40.5 Å². The zero-order chi connectivity index (χ0) is 12.3. The molecule has 0 atom stereocenters. The molecule has 3 N–H and O–H groups in total. The summed E-state index contributed by atoms with van der Waals surface area (Å²) in [4.78, 5) is 13.6. The molecule has 2 aromatic rings. The zero-order valence-electron chi connectivity index (χ0n) is 8.67. The Labute approximate surface area is 96.9 Å². The van der Waals surface area contributed by atoms with E-state index in [1.54, 1.807) is 6.20 Å². The number of pyridine rings is 1. The SMILES string of the molecule is O=c1cc[nH]cc1S(=O)(=O)NCc1cn[nH]c1. The third kappa shape index (κ3) is 2.60. The van der Waals surface area contributed by atoms with Crippen LogP contribution < -0.4 is 10.2 Å². The second-order valence-corrected chi connectivity index (χ2v) is 5.04. The monoisotopic (exact) mass is 254 g/mol. The highest BCUT2D eigenvalue weighted by molar-refractivity contribution is 7.89. The number of rotatable bonds is 4. The van der Waals surface area contributed by atoms with E-state index in [2.05, 4.69) is 19.9 Å². The number of aromatic amines is 2. The molecule has 0 aliphatic heterocycles. The van der Waals surface area contributed by atoms with E-state index in [1.807, 2.05) is 0 Å². The molecule has 0 spiro atoms. The first kappa shape index (κ1) is 11.6. The lowest BCUT2D eigenvalue weighted by Crippen LogP contribution is -2.27. The summed E-state index contributed by atoms with van der Waals surface area (Å²) in [6.07, 6.45) is 5.59. The molecular formula is C9H10N4O3S. The number of hydrogen-bond donors (Lipinski definition) is 3. The van der Waals surface area contributed by atoms with Gasteiger partial charge in [-0.2, -0.15) is 5.10 Å². The average molecular weight is 254 g/mol. The summed E-state index contributed by atoms with van der Waals surface area (Å²) in [6, 6.07) is 1.16.